The maximum absolute atomic E-state index is 11.2. The molecule has 15 heavy (non-hydrogen) atoms. The van der Waals surface area contributed by atoms with Crippen LogP contribution in [-0.4, -0.2) is 17.0 Å². The zero-order valence-corrected chi connectivity index (χ0v) is 8.69. The van der Waals surface area contributed by atoms with Crippen LogP contribution in [0.2, 0.25) is 0 Å². The molecule has 1 aromatic heterocycles. The fraction of sp³-hybridized carbons (Fsp3) is 0.455. The molecule has 4 heteroatoms. The first kappa shape index (κ1) is 9.96. The predicted molar refractivity (Wildman–Crippen MR) is 55.8 cm³/mol. The molecule has 1 heterocycles. The highest BCUT2D eigenvalue weighted by Gasteiger charge is 2.25. The molecule has 2 N–H and O–H groups in total. The van der Waals surface area contributed by atoms with Gasteiger partial charge in [0.25, 0.3) is 5.91 Å². The Kier molecular flexibility index (Phi) is 2.58. The topological polar surface area (TPSA) is 65.2 Å². The van der Waals surface area contributed by atoms with E-state index < -0.39 is 5.91 Å². The normalized spacial score (nSPS) is 15.0. The van der Waals surface area contributed by atoms with Gasteiger partial charge in [0.05, 0.1) is 17.9 Å². The summed E-state index contributed by atoms with van der Waals surface area (Å²) in [7, 11) is 0. The summed E-state index contributed by atoms with van der Waals surface area (Å²) in [6.07, 6.45) is 6.36. The van der Waals surface area contributed by atoms with Crippen molar-refractivity contribution in [3.63, 3.8) is 0 Å². The van der Waals surface area contributed by atoms with Gasteiger partial charge in [0.1, 0.15) is 5.75 Å². The third kappa shape index (κ3) is 2.09. The molecule has 1 aliphatic carbocycles. The van der Waals surface area contributed by atoms with Crippen LogP contribution in [-0.2, 0) is 6.42 Å². The molecule has 0 aliphatic heterocycles. The van der Waals surface area contributed by atoms with Crippen LogP contribution in [0, 0.1) is 0 Å². The van der Waals surface area contributed by atoms with Crippen LogP contribution in [0.15, 0.2) is 12.4 Å². The van der Waals surface area contributed by atoms with Crippen LogP contribution < -0.4 is 10.5 Å². The highest BCUT2D eigenvalue weighted by Crippen LogP contribution is 2.30. The van der Waals surface area contributed by atoms with Gasteiger partial charge in [-0.15, -0.1) is 0 Å². The second-order valence-electron chi connectivity index (χ2n) is 3.70. The first-order valence-corrected chi connectivity index (χ1v) is 5.15. The molecule has 2 rings (SSSR count). The molecule has 0 atom stereocenters. The highest BCUT2D eigenvalue weighted by atomic mass is 16.5. The molecule has 1 fully saturated rings. The Morgan fingerprint density at radius 3 is 2.87 bits per heavy atom. The van der Waals surface area contributed by atoms with Gasteiger partial charge < -0.3 is 10.5 Å². The van der Waals surface area contributed by atoms with Gasteiger partial charge in [-0.25, -0.2) is 0 Å². The number of carbonyl (C=O) groups is 1. The summed E-state index contributed by atoms with van der Waals surface area (Å²) in [5.74, 6) is 0.261. The number of ether oxygens (including phenoxy) is 1. The number of rotatable bonds is 4. The number of aromatic nitrogens is 1. The van der Waals surface area contributed by atoms with E-state index in [9.17, 15) is 4.79 Å². The summed E-state index contributed by atoms with van der Waals surface area (Å²) in [5, 5.41) is 0. The zero-order chi connectivity index (χ0) is 10.8. The molecule has 0 bridgehead atoms. The van der Waals surface area contributed by atoms with Crippen molar-refractivity contribution < 1.29 is 9.53 Å². The Morgan fingerprint density at radius 1 is 1.60 bits per heavy atom. The van der Waals surface area contributed by atoms with E-state index in [4.69, 9.17) is 10.5 Å². The lowest BCUT2D eigenvalue weighted by Gasteiger charge is -2.11. The van der Waals surface area contributed by atoms with Gasteiger partial charge in [-0.1, -0.05) is 6.92 Å². The molecule has 1 aliphatic rings. The van der Waals surface area contributed by atoms with E-state index in [0.29, 0.717) is 17.4 Å². The molecule has 0 spiro atoms. The van der Waals surface area contributed by atoms with E-state index in [0.717, 1.165) is 24.8 Å². The minimum absolute atomic E-state index is 0.306. The van der Waals surface area contributed by atoms with Crippen LogP contribution >= 0.6 is 0 Å². The first-order chi connectivity index (χ1) is 7.22. The summed E-state index contributed by atoms with van der Waals surface area (Å²) in [5.41, 5.74) is 6.60. The van der Waals surface area contributed by atoms with Crippen molar-refractivity contribution in [1.82, 2.24) is 4.98 Å². The summed E-state index contributed by atoms with van der Waals surface area (Å²) in [6, 6.07) is 0. The van der Waals surface area contributed by atoms with Gasteiger partial charge in [0.15, 0.2) is 0 Å². The van der Waals surface area contributed by atoms with Crippen LogP contribution in [0.1, 0.15) is 35.7 Å². The predicted octanol–water partition coefficient (Wildman–Crippen LogP) is 1.28. The Bertz CT molecular complexity index is 386. The average Bonchev–Trinajstić information content (AvgIpc) is 3.01. The molecule has 80 valence electrons. The van der Waals surface area contributed by atoms with E-state index >= 15 is 0 Å². The molecular formula is C11H14N2O2. The molecule has 1 saturated carbocycles. The van der Waals surface area contributed by atoms with Crippen LogP contribution in [0.3, 0.4) is 0 Å². The Labute approximate surface area is 88.4 Å². The smallest absolute Gasteiger partial charge is 0.250 e. The molecule has 0 saturated heterocycles. The number of nitrogens with two attached hydrogens (primary N) is 1. The van der Waals surface area contributed by atoms with Crippen LogP contribution in [0.4, 0.5) is 0 Å². The quantitative estimate of drug-likeness (QED) is 0.807. The lowest BCUT2D eigenvalue weighted by atomic mass is 10.1. The van der Waals surface area contributed by atoms with Crippen molar-refractivity contribution in [2.24, 2.45) is 5.73 Å². The number of amides is 1. The number of pyridine rings is 1. The number of primary amides is 1. The second kappa shape index (κ2) is 3.88. The molecule has 1 aromatic rings. The van der Waals surface area contributed by atoms with Gasteiger partial charge in [0.2, 0.25) is 0 Å². The number of hydrogen-bond donors (Lipinski definition) is 1. The zero-order valence-electron chi connectivity index (χ0n) is 8.69. The van der Waals surface area contributed by atoms with Crippen molar-refractivity contribution in [3.05, 3.63) is 23.5 Å². The van der Waals surface area contributed by atoms with E-state index in [2.05, 4.69) is 4.98 Å². The number of nitrogens with zero attached hydrogens (tertiary/aromatic N) is 1. The maximum atomic E-state index is 11.2. The number of carbonyl (C=O) groups excluding carboxylic acids is 1. The lowest BCUT2D eigenvalue weighted by molar-refractivity contribution is 0.0998. The van der Waals surface area contributed by atoms with E-state index in [-0.39, 0.29) is 0 Å². The van der Waals surface area contributed by atoms with Crippen molar-refractivity contribution in [1.29, 1.82) is 0 Å². The fourth-order valence-corrected chi connectivity index (χ4v) is 1.51. The molecule has 0 unspecified atom stereocenters. The van der Waals surface area contributed by atoms with Gasteiger partial charge in [-0.2, -0.15) is 0 Å². The molecule has 0 aromatic carbocycles. The summed E-state index contributed by atoms with van der Waals surface area (Å²) >= 11 is 0. The lowest BCUT2D eigenvalue weighted by Crippen LogP contribution is -2.15. The Hall–Kier alpha value is -1.58. The first-order valence-electron chi connectivity index (χ1n) is 5.15. The van der Waals surface area contributed by atoms with Crippen LogP contribution in [0.5, 0.6) is 5.75 Å². The third-order valence-electron chi connectivity index (χ3n) is 2.45. The maximum Gasteiger partial charge on any atom is 0.250 e. The fourth-order valence-electron chi connectivity index (χ4n) is 1.51. The van der Waals surface area contributed by atoms with E-state index in [1.54, 1.807) is 6.20 Å². The van der Waals surface area contributed by atoms with E-state index in [1.165, 1.54) is 6.20 Å². The van der Waals surface area contributed by atoms with E-state index in [1.807, 2.05) is 6.92 Å². The van der Waals surface area contributed by atoms with Crippen molar-refractivity contribution in [3.8, 4) is 5.75 Å². The van der Waals surface area contributed by atoms with Gasteiger partial charge in [-0.05, 0) is 19.3 Å². The molecular weight excluding hydrogens is 192 g/mol. The SMILES string of the molecule is CCc1c(OC2CC2)cncc1C(N)=O. The van der Waals surface area contributed by atoms with Gasteiger partial charge in [-0.3, -0.25) is 9.78 Å². The second-order valence-corrected chi connectivity index (χ2v) is 3.70. The largest absolute Gasteiger partial charge is 0.488 e. The number of hydrogen-bond acceptors (Lipinski definition) is 3. The van der Waals surface area contributed by atoms with Gasteiger partial charge >= 0.3 is 0 Å². The minimum Gasteiger partial charge on any atom is -0.488 e. The standard InChI is InChI=1S/C11H14N2O2/c1-2-8-9(11(12)14)5-13-6-10(8)15-7-3-4-7/h5-7H,2-4H2,1H3,(H2,12,14). The van der Waals surface area contributed by atoms with Gasteiger partial charge in [0, 0.05) is 11.8 Å². The van der Waals surface area contributed by atoms with Crippen molar-refractivity contribution >= 4 is 5.91 Å². The van der Waals surface area contributed by atoms with Crippen LogP contribution in [0.25, 0.3) is 0 Å². The molecule has 1 amide bonds. The van der Waals surface area contributed by atoms with Crippen molar-refractivity contribution in [2.45, 2.75) is 32.3 Å². The summed E-state index contributed by atoms with van der Waals surface area (Å²) < 4.78 is 5.67. The average molecular weight is 206 g/mol. The summed E-state index contributed by atoms with van der Waals surface area (Å²) in [6.45, 7) is 1.97. The molecule has 4 nitrogen and oxygen atoms in total. The Morgan fingerprint density at radius 2 is 2.33 bits per heavy atom. The summed E-state index contributed by atoms with van der Waals surface area (Å²) in [4.78, 5) is 15.1. The van der Waals surface area contributed by atoms with Crippen molar-refractivity contribution in [2.75, 3.05) is 0 Å². The monoisotopic (exact) mass is 206 g/mol. The molecule has 0 radical (unpaired) electrons. The minimum atomic E-state index is -0.444. The third-order valence-corrected chi connectivity index (χ3v) is 2.45. The Balaban J connectivity index is 2.34. The highest BCUT2D eigenvalue weighted by molar-refractivity contribution is 5.94.